The summed E-state index contributed by atoms with van der Waals surface area (Å²) in [5, 5.41) is 10.4. The number of benzene rings is 1. The molecule has 88 valence electrons. The van der Waals surface area contributed by atoms with Gasteiger partial charge in [-0.05, 0) is 55.2 Å². The number of aliphatic hydroxyl groups is 1. The Balaban J connectivity index is 2.14. The summed E-state index contributed by atoms with van der Waals surface area (Å²) in [5.41, 5.74) is 3.68. The van der Waals surface area contributed by atoms with Crippen LogP contribution < -0.4 is 0 Å². The highest BCUT2D eigenvalue weighted by atomic mass is 16.3. The summed E-state index contributed by atoms with van der Waals surface area (Å²) in [6, 6.07) is 6.34. The second-order valence-electron chi connectivity index (χ2n) is 5.47. The van der Waals surface area contributed by atoms with Crippen molar-refractivity contribution in [1.29, 1.82) is 0 Å². The SMILES string of the molecule is Cc1ccc(C(O)C2CCC(C)C2)cc1C. The molecule has 16 heavy (non-hydrogen) atoms. The third kappa shape index (κ3) is 2.30. The highest BCUT2D eigenvalue weighted by Gasteiger charge is 2.28. The lowest BCUT2D eigenvalue weighted by Gasteiger charge is -2.19. The Kier molecular flexibility index (Phi) is 3.34. The molecule has 1 aliphatic rings. The first-order valence-electron chi connectivity index (χ1n) is 6.33. The molecule has 1 aromatic rings. The summed E-state index contributed by atoms with van der Waals surface area (Å²) >= 11 is 0. The molecule has 2 rings (SSSR count). The van der Waals surface area contributed by atoms with Gasteiger partial charge in [0.1, 0.15) is 0 Å². The smallest absolute Gasteiger partial charge is 0.0818 e. The summed E-state index contributed by atoms with van der Waals surface area (Å²) in [6.07, 6.45) is 3.36. The molecular formula is C15H22O. The zero-order valence-corrected chi connectivity index (χ0v) is 10.5. The van der Waals surface area contributed by atoms with Crippen LogP contribution in [-0.4, -0.2) is 5.11 Å². The van der Waals surface area contributed by atoms with Crippen LogP contribution in [0.2, 0.25) is 0 Å². The van der Waals surface area contributed by atoms with Gasteiger partial charge in [0.2, 0.25) is 0 Å². The maximum Gasteiger partial charge on any atom is 0.0818 e. The number of hydrogen-bond donors (Lipinski definition) is 1. The highest BCUT2D eigenvalue weighted by molar-refractivity contribution is 5.31. The lowest BCUT2D eigenvalue weighted by atomic mass is 9.92. The summed E-state index contributed by atoms with van der Waals surface area (Å²) < 4.78 is 0. The zero-order chi connectivity index (χ0) is 11.7. The van der Waals surface area contributed by atoms with E-state index in [0.717, 1.165) is 11.5 Å². The molecule has 3 atom stereocenters. The minimum absolute atomic E-state index is 0.260. The normalized spacial score (nSPS) is 27.0. The van der Waals surface area contributed by atoms with Crippen molar-refractivity contribution in [3.05, 3.63) is 34.9 Å². The largest absolute Gasteiger partial charge is 0.388 e. The van der Waals surface area contributed by atoms with E-state index in [-0.39, 0.29) is 6.10 Å². The lowest BCUT2D eigenvalue weighted by molar-refractivity contribution is 0.109. The van der Waals surface area contributed by atoms with Gasteiger partial charge < -0.3 is 5.11 Å². The summed E-state index contributed by atoms with van der Waals surface area (Å²) in [5.74, 6) is 1.25. The average Bonchev–Trinajstić information content (AvgIpc) is 2.68. The Labute approximate surface area is 98.5 Å². The minimum atomic E-state index is -0.260. The number of rotatable bonds is 2. The molecule has 1 heteroatoms. The fraction of sp³-hybridized carbons (Fsp3) is 0.600. The summed E-state index contributed by atoms with van der Waals surface area (Å²) in [6.45, 7) is 6.51. The molecule has 3 unspecified atom stereocenters. The minimum Gasteiger partial charge on any atom is -0.388 e. The predicted octanol–water partition coefficient (Wildman–Crippen LogP) is 3.77. The van der Waals surface area contributed by atoms with E-state index in [2.05, 4.69) is 39.0 Å². The van der Waals surface area contributed by atoms with E-state index in [0.29, 0.717) is 5.92 Å². The summed E-state index contributed by atoms with van der Waals surface area (Å²) in [7, 11) is 0. The molecule has 1 aromatic carbocycles. The number of aliphatic hydroxyl groups excluding tert-OH is 1. The molecule has 0 amide bonds. The first-order chi connectivity index (χ1) is 7.58. The molecule has 0 aromatic heterocycles. The molecule has 1 nitrogen and oxygen atoms in total. The molecule has 0 radical (unpaired) electrons. The monoisotopic (exact) mass is 218 g/mol. The van der Waals surface area contributed by atoms with Crippen molar-refractivity contribution in [2.75, 3.05) is 0 Å². The van der Waals surface area contributed by atoms with E-state index in [1.54, 1.807) is 0 Å². The van der Waals surface area contributed by atoms with Gasteiger partial charge in [0, 0.05) is 0 Å². The molecule has 1 fully saturated rings. The molecule has 0 bridgehead atoms. The molecule has 0 heterocycles. The molecule has 1 aliphatic carbocycles. The molecule has 0 saturated heterocycles. The molecule has 1 N–H and O–H groups in total. The van der Waals surface area contributed by atoms with Crippen LogP contribution in [0.25, 0.3) is 0 Å². The van der Waals surface area contributed by atoms with Crippen LogP contribution in [-0.2, 0) is 0 Å². The molecular weight excluding hydrogens is 196 g/mol. The predicted molar refractivity (Wildman–Crippen MR) is 67.4 cm³/mol. The van der Waals surface area contributed by atoms with Crippen molar-refractivity contribution < 1.29 is 5.11 Å². The van der Waals surface area contributed by atoms with Gasteiger partial charge in [-0.3, -0.25) is 0 Å². The van der Waals surface area contributed by atoms with E-state index < -0.39 is 0 Å². The van der Waals surface area contributed by atoms with Crippen LogP contribution in [0, 0.1) is 25.7 Å². The maximum absolute atomic E-state index is 10.4. The zero-order valence-electron chi connectivity index (χ0n) is 10.5. The van der Waals surface area contributed by atoms with Gasteiger partial charge in [0.25, 0.3) is 0 Å². The average molecular weight is 218 g/mol. The third-order valence-corrected chi connectivity index (χ3v) is 4.05. The Morgan fingerprint density at radius 2 is 1.94 bits per heavy atom. The number of aryl methyl sites for hydroxylation is 2. The van der Waals surface area contributed by atoms with Crippen LogP contribution >= 0.6 is 0 Å². The first kappa shape index (κ1) is 11.7. The second kappa shape index (κ2) is 4.58. The van der Waals surface area contributed by atoms with E-state index in [1.165, 1.54) is 30.4 Å². The van der Waals surface area contributed by atoms with Crippen LogP contribution in [0.3, 0.4) is 0 Å². The Morgan fingerprint density at radius 1 is 1.19 bits per heavy atom. The molecule has 0 spiro atoms. The van der Waals surface area contributed by atoms with Gasteiger partial charge >= 0.3 is 0 Å². The van der Waals surface area contributed by atoms with E-state index in [4.69, 9.17) is 0 Å². The first-order valence-corrected chi connectivity index (χ1v) is 6.33. The van der Waals surface area contributed by atoms with Crippen LogP contribution in [0.1, 0.15) is 49.0 Å². The van der Waals surface area contributed by atoms with Gasteiger partial charge in [0.15, 0.2) is 0 Å². The van der Waals surface area contributed by atoms with Gasteiger partial charge in [-0.2, -0.15) is 0 Å². The van der Waals surface area contributed by atoms with E-state index >= 15 is 0 Å². The third-order valence-electron chi connectivity index (χ3n) is 4.05. The van der Waals surface area contributed by atoms with Crippen LogP contribution in [0.5, 0.6) is 0 Å². The van der Waals surface area contributed by atoms with Crippen LogP contribution in [0.15, 0.2) is 18.2 Å². The Hall–Kier alpha value is -0.820. The second-order valence-corrected chi connectivity index (χ2v) is 5.47. The van der Waals surface area contributed by atoms with Gasteiger partial charge in [-0.15, -0.1) is 0 Å². The number of hydrogen-bond acceptors (Lipinski definition) is 1. The molecule has 0 aliphatic heterocycles. The van der Waals surface area contributed by atoms with Gasteiger partial charge in [0.05, 0.1) is 6.10 Å². The standard InChI is InChI=1S/C15H22O/c1-10-4-6-13(8-10)15(16)14-7-5-11(2)12(3)9-14/h5,7,9-10,13,15-16H,4,6,8H2,1-3H3. The topological polar surface area (TPSA) is 20.2 Å². The van der Waals surface area contributed by atoms with Crippen LogP contribution in [0.4, 0.5) is 0 Å². The summed E-state index contributed by atoms with van der Waals surface area (Å²) in [4.78, 5) is 0. The van der Waals surface area contributed by atoms with Crippen molar-refractivity contribution in [1.82, 2.24) is 0 Å². The fourth-order valence-electron chi connectivity index (χ4n) is 2.76. The lowest BCUT2D eigenvalue weighted by Crippen LogP contribution is -2.09. The van der Waals surface area contributed by atoms with Crippen molar-refractivity contribution in [2.45, 2.75) is 46.1 Å². The Morgan fingerprint density at radius 3 is 2.50 bits per heavy atom. The van der Waals surface area contributed by atoms with Gasteiger partial charge in [-0.1, -0.05) is 31.5 Å². The van der Waals surface area contributed by atoms with Crippen molar-refractivity contribution in [2.24, 2.45) is 11.8 Å². The van der Waals surface area contributed by atoms with Crippen molar-refractivity contribution in [3.8, 4) is 0 Å². The fourth-order valence-corrected chi connectivity index (χ4v) is 2.76. The van der Waals surface area contributed by atoms with Crippen molar-refractivity contribution in [3.63, 3.8) is 0 Å². The van der Waals surface area contributed by atoms with E-state index in [1.807, 2.05) is 0 Å². The van der Waals surface area contributed by atoms with Crippen molar-refractivity contribution >= 4 is 0 Å². The highest BCUT2D eigenvalue weighted by Crippen LogP contribution is 2.38. The van der Waals surface area contributed by atoms with Gasteiger partial charge in [-0.25, -0.2) is 0 Å². The maximum atomic E-state index is 10.4. The quantitative estimate of drug-likeness (QED) is 0.801. The Bertz CT molecular complexity index is 370. The molecule has 1 saturated carbocycles. The van der Waals surface area contributed by atoms with E-state index in [9.17, 15) is 5.11 Å².